The lowest BCUT2D eigenvalue weighted by molar-refractivity contribution is 0.126. The number of hydrogen-bond donors (Lipinski definition) is 1. The zero-order valence-electron chi connectivity index (χ0n) is 10.4. The van der Waals surface area contributed by atoms with Gasteiger partial charge in [0.25, 0.3) is 0 Å². The number of likely N-dealkylation sites (N-methyl/N-ethyl adjacent to an activating group) is 2. The maximum atomic E-state index is 5.99. The molecule has 3 unspecified atom stereocenters. The molecule has 0 aromatic heterocycles. The summed E-state index contributed by atoms with van der Waals surface area (Å²) in [4.78, 5) is 4.93. The van der Waals surface area contributed by atoms with Crippen LogP contribution in [0.1, 0.15) is 19.8 Å². The molecular weight excluding hydrogens is 186 g/mol. The first kappa shape index (κ1) is 11.4. The number of rotatable bonds is 4. The predicted octanol–water partition coefficient (Wildman–Crippen LogP) is 0.607. The van der Waals surface area contributed by atoms with Crippen molar-refractivity contribution in [1.29, 1.82) is 0 Å². The summed E-state index contributed by atoms with van der Waals surface area (Å²) in [7, 11) is 4.46. The van der Waals surface area contributed by atoms with Crippen molar-refractivity contribution in [3.8, 4) is 0 Å². The van der Waals surface area contributed by atoms with Crippen LogP contribution in [0.15, 0.2) is 0 Å². The molecule has 2 rings (SSSR count). The Labute approximate surface area is 93.6 Å². The van der Waals surface area contributed by atoms with E-state index in [-0.39, 0.29) is 5.54 Å². The second-order valence-electron chi connectivity index (χ2n) is 5.77. The highest BCUT2D eigenvalue weighted by atomic mass is 15.3. The van der Waals surface area contributed by atoms with Crippen molar-refractivity contribution in [3.63, 3.8) is 0 Å². The van der Waals surface area contributed by atoms with E-state index in [0.29, 0.717) is 0 Å². The second-order valence-corrected chi connectivity index (χ2v) is 5.77. The lowest BCUT2D eigenvalue weighted by Crippen LogP contribution is -2.54. The van der Waals surface area contributed by atoms with Crippen LogP contribution in [0, 0.1) is 11.8 Å². The first-order valence-electron chi connectivity index (χ1n) is 6.17. The van der Waals surface area contributed by atoms with Crippen LogP contribution in [-0.2, 0) is 0 Å². The van der Waals surface area contributed by atoms with E-state index in [9.17, 15) is 0 Å². The highest BCUT2D eigenvalue weighted by molar-refractivity contribution is 5.00. The van der Waals surface area contributed by atoms with Crippen molar-refractivity contribution in [3.05, 3.63) is 0 Å². The molecule has 2 fully saturated rings. The van der Waals surface area contributed by atoms with Gasteiger partial charge in [-0.25, -0.2) is 0 Å². The van der Waals surface area contributed by atoms with Crippen molar-refractivity contribution in [2.45, 2.75) is 25.3 Å². The zero-order valence-corrected chi connectivity index (χ0v) is 10.4. The zero-order chi connectivity index (χ0) is 11.1. The van der Waals surface area contributed by atoms with Gasteiger partial charge < -0.3 is 10.6 Å². The first-order chi connectivity index (χ1) is 7.07. The summed E-state index contributed by atoms with van der Waals surface area (Å²) < 4.78 is 0. The molecule has 0 radical (unpaired) electrons. The van der Waals surface area contributed by atoms with Gasteiger partial charge in [0.15, 0.2) is 0 Å². The molecule has 0 spiro atoms. The van der Waals surface area contributed by atoms with Gasteiger partial charge in [-0.3, -0.25) is 4.90 Å². The SMILES string of the molecule is CC1CC1CN(C)C1(CN)CCN(C)C1. The fraction of sp³-hybridized carbons (Fsp3) is 1.00. The molecule has 3 nitrogen and oxygen atoms in total. The molecular formula is C12H25N3. The minimum atomic E-state index is 0.261. The minimum absolute atomic E-state index is 0.261. The van der Waals surface area contributed by atoms with Gasteiger partial charge in [-0.2, -0.15) is 0 Å². The van der Waals surface area contributed by atoms with Crippen molar-refractivity contribution >= 4 is 0 Å². The standard InChI is InChI=1S/C12H25N3/c1-10-6-11(10)7-15(3)12(8-13)4-5-14(2)9-12/h10-11H,4-9,13H2,1-3H3. The number of likely N-dealkylation sites (tertiary alicyclic amines) is 1. The van der Waals surface area contributed by atoms with Crippen LogP contribution >= 0.6 is 0 Å². The Morgan fingerprint density at radius 3 is 2.60 bits per heavy atom. The first-order valence-corrected chi connectivity index (χ1v) is 6.17. The lowest BCUT2D eigenvalue weighted by Gasteiger charge is -2.38. The van der Waals surface area contributed by atoms with Gasteiger partial charge in [-0.05, 0) is 45.3 Å². The van der Waals surface area contributed by atoms with Crippen molar-refractivity contribution in [1.82, 2.24) is 9.80 Å². The molecule has 1 aliphatic carbocycles. The Bertz CT molecular complexity index is 231. The molecule has 0 aromatic carbocycles. The molecule has 1 saturated carbocycles. The summed E-state index contributed by atoms with van der Waals surface area (Å²) in [6.45, 7) is 6.73. The third-order valence-corrected chi connectivity index (χ3v) is 4.50. The normalized spacial score (nSPS) is 41.4. The summed E-state index contributed by atoms with van der Waals surface area (Å²) in [6, 6.07) is 0. The maximum absolute atomic E-state index is 5.99. The summed E-state index contributed by atoms with van der Waals surface area (Å²) in [5.41, 5.74) is 6.26. The molecule has 0 bridgehead atoms. The molecule has 1 heterocycles. The van der Waals surface area contributed by atoms with E-state index in [4.69, 9.17) is 5.73 Å². The average Bonchev–Trinajstić information content (AvgIpc) is 2.76. The predicted molar refractivity (Wildman–Crippen MR) is 63.8 cm³/mol. The summed E-state index contributed by atoms with van der Waals surface area (Å²) in [5, 5.41) is 0. The molecule has 3 heteroatoms. The fourth-order valence-electron chi connectivity index (χ4n) is 2.89. The molecule has 0 aromatic rings. The lowest BCUT2D eigenvalue weighted by atomic mass is 9.96. The molecule has 1 saturated heterocycles. The van der Waals surface area contributed by atoms with Crippen LogP contribution in [0.4, 0.5) is 0 Å². The molecule has 3 atom stereocenters. The van der Waals surface area contributed by atoms with Crippen molar-refractivity contribution in [2.24, 2.45) is 17.6 Å². The van der Waals surface area contributed by atoms with Gasteiger partial charge in [0, 0.05) is 25.2 Å². The summed E-state index contributed by atoms with van der Waals surface area (Å²) in [5.74, 6) is 1.88. The Balaban J connectivity index is 1.93. The fourth-order valence-corrected chi connectivity index (χ4v) is 2.89. The molecule has 15 heavy (non-hydrogen) atoms. The Hall–Kier alpha value is -0.120. The third kappa shape index (κ3) is 2.19. The van der Waals surface area contributed by atoms with Gasteiger partial charge in [0.05, 0.1) is 0 Å². The van der Waals surface area contributed by atoms with Crippen LogP contribution < -0.4 is 5.73 Å². The van der Waals surface area contributed by atoms with Crippen LogP contribution in [0.3, 0.4) is 0 Å². The van der Waals surface area contributed by atoms with Gasteiger partial charge in [-0.1, -0.05) is 6.92 Å². The highest BCUT2D eigenvalue weighted by Gasteiger charge is 2.42. The van der Waals surface area contributed by atoms with E-state index in [1.165, 1.54) is 25.9 Å². The van der Waals surface area contributed by atoms with Crippen molar-refractivity contribution in [2.75, 3.05) is 40.3 Å². The largest absolute Gasteiger partial charge is 0.329 e. The second kappa shape index (κ2) is 4.04. The van der Waals surface area contributed by atoms with Gasteiger partial charge in [-0.15, -0.1) is 0 Å². The van der Waals surface area contributed by atoms with E-state index >= 15 is 0 Å². The molecule has 0 amide bonds. The van der Waals surface area contributed by atoms with Gasteiger partial charge in [0.2, 0.25) is 0 Å². The monoisotopic (exact) mass is 211 g/mol. The third-order valence-electron chi connectivity index (χ3n) is 4.50. The van der Waals surface area contributed by atoms with Gasteiger partial charge in [0.1, 0.15) is 0 Å². The quantitative estimate of drug-likeness (QED) is 0.739. The van der Waals surface area contributed by atoms with E-state index in [1.54, 1.807) is 0 Å². The number of nitrogens with two attached hydrogens (primary N) is 1. The average molecular weight is 211 g/mol. The van der Waals surface area contributed by atoms with E-state index < -0.39 is 0 Å². The molecule has 1 aliphatic heterocycles. The molecule has 88 valence electrons. The maximum Gasteiger partial charge on any atom is 0.0467 e. The molecule has 2 N–H and O–H groups in total. The van der Waals surface area contributed by atoms with Crippen LogP contribution in [0.5, 0.6) is 0 Å². The highest BCUT2D eigenvalue weighted by Crippen LogP contribution is 2.39. The number of nitrogens with zero attached hydrogens (tertiary/aromatic N) is 2. The molecule has 2 aliphatic rings. The van der Waals surface area contributed by atoms with E-state index in [2.05, 4.69) is 30.8 Å². The Kier molecular flexibility index (Phi) is 3.06. The Morgan fingerprint density at radius 2 is 2.20 bits per heavy atom. The van der Waals surface area contributed by atoms with Crippen molar-refractivity contribution < 1.29 is 0 Å². The topological polar surface area (TPSA) is 32.5 Å². The smallest absolute Gasteiger partial charge is 0.0467 e. The van der Waals surface area contributed by atoms with E-state index in [1.807, 2.05) is 0 Å². The van der Waals surface area contributed by atoms with Crippen LogP contribution in [-0.4, -0.2) is 55.6 Å². The van der Waals surface area contributed by atoms with E-state index in [0.717, 1.165) is 24.9 Å². The summed E-state index contributed by atoms with van der Waals surface area (Å²) >= 11 is 0. The van der Waals surface area contributed by atoms with Crippen LogP contribution in [0.25, 0.3) is 0 Å². The van der Waals surface area contributed by atoms with Crippen LogP contribution in [0.2, 0.25) is 0 Å². The van der Waals surface area contributed by atoms with Gasteiger partial charge >= 0.3 is 0 Å². The number of hydrogen-bond acceptors (Lipinski definition) is 3. The summed E-state index contributed by atoms with van der Waals surface area (Å²) in [6.07, 6.45) is 2.65. The minimum Gasteiger partial charge on any atom is -0.329 e. The Morgan fingerprint density at radius 1 is 1.53 bits per heavy atom.